The van der Waals surface area contributed by atoms with Crippen LogP contribution in [0.5, 0.6) is 0 Å². The summed E-state index contributed by atoms with van der Waals surface area (Å²) in [4.78, 5) is 0. The summed E-state index contributed by atoms with van der Waals surface area (Å²) in [6, 6.07) is 0. The summed E-state index contributed by atoms with van der Waals surface area (Å²) < 4.78 is 0. The van der Waals surface area contributed by atoms with Crippen LogP contribution >= 0.6 is 0 Å². The summed E-state index contributed by atoms with van der Waals surface area (Å²) in [6.07, 6.45) is 0. The van der Waals surface area contributed by atoms with Crippen molar-refractivity contribution in [2.24, 2.45) is 23.6 Å². The molecule has 0 amide bonds. The van der Waals surface area contributed by atoms with Crippen LogP contribution in [0.3, 0.4) is 0 Å². The highest BCUT2D eigenvalue weighted by molar-refractivity contribution is 5.12. The van der Waals surface area contributed by atoms with E-state index in [2.05, 4.69) is 33.1 Å². The maximum atomic E-state index is 5.44. The first kappa shape index (κ1) is 8.02. The van der Waals surface area contributed by atoms with Gasteiger partial charge in [-0.3, -0.25) is 11.3 Å². The van der Waals surface area contributed by atoms with E-state index in [4.69, 9.17) is 5.84 Å². The number of nitrogens with one attached hydrogen (secondary N) is 1. The van der Waals surface area contributed by atoms with Gasteiger partial charge in [0, 0.05) is 5.54 Å². The lowest BCUT2D eigenvalue weighted by Gasteiger charge is -2.10. The fourth-order valence-electron chi connectivity index (χ4n) is 2.26. The van der Waals surface area contributed by atoms with E-state index in [1.165, 1.54) is 0 Å². The van der Waals surface area contributed by atoms with E-state index in [9.17, 15) is 0 Å². The number of hydrogen-bond acceptors (Lipinski definition) is 2. The quantitative estimate of drug-likeness (QED) is 0.448. The Morgan fingerprint density at radius 2 is 2.00 bits per heavy atom. The third kappa shape index (κ3) is 0.867. The summed E-state index contributed by atoms with van der Waals surface area (Å²) in [5, 5.41) is 0. The van der Waals surface area contributed by atoms with Gasteiger partial charge in [-0.05, 0) is 24.7 Å². The van der Waals surface area contributed by atoms with Crippen molar-refractivity contribution >= 4 is 0 Å². The molecule has 0 spiro atoms. The average molecular weight is 142 g/mol. The van der Waals surface area contributed by atoms with E-state index in [1.54, 1.807) is 0 Å². The first-order valence-corrected chi connectivity index (χ1v) is 4.01. The molecule has 10 heavy (non-hydrogen) atoms. The largest absolute Gasteiger partial charge is 0.271 e. The molecule has 1 aliphatic carbocycles. The van der Waals surface area contributed by atoms with Gasteiger partial charge in [-0.1, -0.05) is 20.8 Å². The molecular formula is C8H18N2. The lowest BCUT2D eigenvalue weighted by Crippen LogP contribution is -2.38. The van der Waals surface area contributed by atoms with Crippen molar-refractivity contribution in [3.63, 3.8) is 0 Å². The van der Waals surface area contributed by atoms with E-state index in [-0.39, 0.29) is 5.54 Å². The maximum Gasteiger partial charge on any atom is 0.0355 e. The van der Waals surface area contributed by atoms with E-state index in [1.807, 2.05) is 0 Å². The molecule has 0 aromatic rings. The highest BCUT2D eigenvalue weighted by Gasteiger charge is 2.58. The average Bonchev–Trinajstić information content (AvgIpc) is 2.38. The Morgan fingerprint density at radius 1 is 1.50 bits per heavy atom. The molecule has 3 N–H and O–H groups in total. The van der Waals surface area contributed by atoms with Crippen LogP contribution in [0.4, 0.5) is 0 Å². The van der Waals surface area contributed by atoms with Crippen LogP contribution in [0.15, 0.2) is 0 Å². The van der Waals surface area contributed by atoms with E-state index in [0.717, 1.165) is 17.8 Å². The number of hydrogen-bond donors (Lipinski definition) is 2. The van der Waals surface area contributed by atoms with Gasteiger partial charge < -0.3 is 0 Å². The van der Waals surface area contributed by atoms with Gasteiger partial charge >= 0.3 is 0 Å². The lowest BCUT2D eigenvalue weighted by atomic mass is 10.1. The van der Waals surface area contributed by atoms with E-state index < -0.39 is 0 Å². The summed E-state index contributed by atoms with van der Waals surface area (Å²) in [7, 11) is 0. The smallest absolute Gasteiger partial charge is 0.0355 e. The molecular weight excluding hydrogens is 124 g/mol. The van der Waals surface area contributed by atoms with Gasteiger partial charge in [-0.15, -0.1) is 0 Å². The Labute approximate surface area is 63.1 Å². The van der Waals surface area contributed by atoms with E-state index >= 15 is 0 Å². The molecule has 2 heteroatoms. The Kier molecular flexibility index (Phi) is 1.77. The van der Waals surface area contributed by atoms with Gasteiger partial charge in [-0.2, -0.15) is 0 Å². The van der Waals surface area contributed by atoms with Crippen molar-refractivity contribution in [2.75, 3.05) is 0 Å². The minimum Gasteiger partial charge on any atom is -0.271 e. The van der Waals surface area contributed by atoms with Crippen molar-refractivity contribution in [1.82, 2.24) is 5.43 Å². The van der Waals surface area contributed by atoms with Gasteiger partial charge in [0.15, 0.2) is 0 Å². The monoisotopic (exact) mass is 142 g/mol. The molecule has 0 aromatic carbocycles. The molecule has 0 heterocycles. The van der Waals surface area contributed by atoms with Crippen LogP contribution in [0.25, 0.3) is 0 Å². The first-order valence-electron chi connectivity index (χ1n) is 4.01. The number of hydrazine groups is 1. The SMILES string of the molecule is CC(C)C1[C@H](C)[C@@]1(C)NN. The molecule has 1 saturated carbocycles. The van der Waals surface area contributed by atoms with Crippen LogP contribution in [0.1, 0.15) is 27.7 Å². The van der Waals surface area contributed by atoms with Crippen molar-refractivity contribution in [3.05, 3.63) is 0 Å². The maximum absolute atomic E-state index is 5.44. The molecule has 3 atom stereocenters. The Hall–Kier alpha value is -0.0800. The van der Waals surface area contributed by atoms with Crippen LogP contribution < -0.4 is 11.3 Å². The number of nitrogens with two attached hydrogens (primary N) is 1. The summed E-state index contributed by atoms with van der Waals surface area (Å²) >= 11 is 0. The third-order valence-electron chi connectivity index (χ3n) is 3.10. The van der Waals surface area contributed by atoms with Crippen molar-refractivity contribution in [1.29, 1.82) is 0 Å². The lowest BCUT2D eigenvalue weighted by molar-refractivity contribution is 0.436. The molecule has 60 valence electrons. The van der Waals surface area contributed by atoms with Gasteiger partial charge in [0.2, 0.25) is 0 Å². The number of rotatable bonds is 2. The minimum atomic E-state index is 0.216. The Bertz CT molecular complexity index is 133. The molecule has 2 nitrogen and oxygen atoms in total. The Morgan fingerprint density at radius 3 is 2.10 bits per heavy atom. The van der Waals surface area contributed by atoms with E-state index in [0.29, 0.717) is 0 Å². The second-order valence-electron chi connectivity index (χ2n) is 3.99. The second kappa shape index (κ2) is 2.21. The van der Waals surface area contributed by atoms with Crippen molar-refractivity contribution < 1.29 is 0 Å². The zero-order chi connectivity index (χ0) is 7.94. The molecule has 1 rings (SSSR count). The first-order chi connectivity index (χ1) is 4.54. The van der Waals surface area contributed by atoms with Crippen LogP contribution in [0.2, 0.25) is 0 Å². The summed E-state index contributed by atoms with van der Waals surface area (Å²) in [5.41, 5.74) is 3.11. The summed E-state index contributed by atoms with van der Waals surface area (Å²) in [6.45, 7) is 8.96. The molecule has 0 aliphatic heterocycles. The normalized spacial score (nSPS) is 46.2. The van der Waals surface area contributed by atoms with Crippen molar-refractivity contribution in [2.45, 2.75) is 33.2 Å². The molecule has 0 radical (unpaired) electrons. The Balaban J connectivity index is 2.55. The van der Waals surface area contributed by atoms with Gasteiger partial charge in [0.25, 0.3) is 0 Å². The van der Waals surface area contributed by atoms with Crippen LogP contribution in [-0.4, -0.2) is 5.54 Å². The van der Waals surface area contributed by atoms with Crippen molar-refractivity contribution in [3.8, 4) is 0 Å². The summed E-state index contributed by atoms with van der Waals surface area (Å²) in [5.74, 6) is 7.68. The highest BCUT2D eigenvalue weighted by atomic mass is 15.3. The zero-order valence-electron chi connectivity index (χ0n) is 7.31. The van der Waals surface area contributed by atoms with Gasteiger partial charge in [-0.25, -0.2) is 0 Å². The fraction of sp³-hybridized carbons (Fsp3) is 1.00. The molecule has 0 aromatic heterocycles. The molecule has 0 saturated heterocycles. The van der Waals surface area contributed by atoms with Crippen LogP contribution in [0, 0.1) is 17.8 Å². The molecule has 1 fully saturated rings. The highest BCUT2D eigenvalue weighted by Crippen LogP contribution is 2.53. The molecule has 0 bridgehead atoms. The molecule has 1 unspecified atom stereocenters. The predicted molar refractivity (Wildman–Crippen MR) is 43.2 cm³/mol. The minimum absolute atomic E-state index is 0.216. The predicted octanol–water partition coefficient (Wildman–Crippen LogP) is 1.13. The van der Waals surface area contributed by atoms with Gasteiger partial charge in [0.05, 0.1) is 0 Å². The zero-order valence-corrected chi connectivity index (χ0v) is 7.31. The van der Waals surface area contributed by atoms with Crippen LogP contribution in [-0.2, 0) is 0 Å². The topological polar surface area (TPSA) is 38.0 Å². The second-order valence-corrected chi connectivity index (χ2v) is 3.99. The fourth-order valence-corrected chi connectivity index (χ4v) is 2.26. The van der Waals surface area contributed by atoms with Gasteiger partial charge in [0.1, 0.15) is 0 Å². The standard InChI is InChI=1S/C8H18N2/c1-5(2)7-6(3)8(7,4)10-9/h5-7,10H,9H2,1-4H3/t6-,7?,8+/m0/s1. The molecule has 1 aliphatic rings. The third-order valence-corrected chi connectivity index (χ3v) is 3.10.